The summed E-state index contributed by atoms with van der Waals surface area (Å²) in [5.74, 6) is -0.0190. The van der Waals surface area contributed by atoms with Crippen molar-refractivity contribution in [2.45, 2.75) is 16.7 Å². The zero-order chi connectivity index (χ0) is 16.9. The number of carbonyl (C=O) groups excluding carboxylic acids is 1. The predicted molar refractivity (Wildman–Crippen MR) is 91.3 cm³/mol. The Morgan fingerprint density at radius 2 is 1.67 bits per heavy atom. The lowest BCUT2D eigenvalue weighted by molar-refractivity contribution is -0.122. The number of carbonyl (C=O) groups is 1. The third kappa shape index (κ3) is 1.96. The van der Waals surface area contributed by atoms with Crippen LogP contribution in [0.1, 0.15) is 12.0 Å². The van der Waals surface area contributed by atoms with E-state index < -0.39 is 15.4 Å². The SMILES string of the molecule is CN1C(=O)[C@]2(CCN(S(=O)(=O)c3ccccc3)C2)c2ccccc21. The van der Waals surface area contributed by atoms with Crippen LogP contribution in [0.25, 0.3) is 0 Å². The van der Waals surface area contributed by atoms with Crippen LogP contribution in [-0.2, 0) is 20.2 Å². The first kappa shape index (κ1) is 15.4. The summed E-state index contributed by atoms with van der Waals surface area (Å²) >= 11 is 0. The Morgan fingerprint density at radius 3 is 2.42 bits per heavy atom. The number of nitrogens with zero attached hydrogens (tertiary/aromatic N) is 2. The van der Waals surface area contributed by atoms with E-state index in [0.717, 1.165) is 11.3 Å². The van der Waals surface area contributed by atoms with Crippen LogP contribution in [0, 0.1) is 0 Å². The van der Waals surface area contributed by atoms with Crippen molar-refractivity contribution in [2.24, 2.45) is 0 Å². The molecule has 2 heterocycles. The van der Waals surface area contributed by atoms with E-state index in [-0.39, 0.29) is 17.3 Å². The van der Waals surface area contributed by atoms with Crippen molar-refractivity contribution in [2.75, 3.05) is 25.0 Å². The molecule has 0 radical (unpaired) electrons. The molecule has 2 aliphatic heterocycles. The molecule has 5 nitrogen and oxygen atoms in total. The summed E-state index contributed by atoms with van der Waals surface area (Å²) in [7, 11) is -1.83. The Balaban J connectivity index is 1.74. The minimum atomic E-state index is -3.58. The number of anilines is 1. The second kappa shape index (κ2) is 5.16. The summed E-state index contributed by atoms with van der Waals surface area (Å²) in [6.07, 6.45) is 0.513. The monoisotopic (exact) mass is 342 g/mol. The maximum Gasteiger partial charge on any atom is 0.243 e. The molecule has 0 N–H and O–H groups in total. The van der Waals surface area contributed by atoms with E-state index >= 15 is 0 Å². The molecule has 0 aromatic heterocycles. The zero-order valence-corrected chi connectivity index (χ0v) is 14.2. The van der Waals surface area contributed by atoms with Gasteiger partial charge in [0.1, 0.15) is 0 Å². The molecule has 0 saturated carbocycles. The fourth-order valence-corrected chi connectivity index (χ4v) is 5.35. The van der Waals surface area contributed by atoms with Gasteiger partial charge in [-0.15, -0.1) is 0 Å². The quantitative estimate of drug-likeness (QED) is 0.839. The minimum absolute atomic E-state index is 0.0190. The van der Waals surface area contributed by atoms with Crippen LogP contribution in [0.3, 0.4) is 0 Å². The first-order chi connectivity index (χ1) is 11.5. The van der Waals surface area contributed by atoms with Crippen LogP contribution in [0.15, 0.2) is 59.5 Å². The number of fused-ring (bicyclic) bond motifs is 2. The molecule has 2 aromatic carbocycles. The smallest absolute Gasteiger partial charge is 0.243 e. The second-order valence-electron chi connectivity index (χ2n) is 6.37. The van der Waals surface area contributed by atoms with Gasteiger partial charge in [0.05, 0.1) is 10.3 Å². The summed E-state index contributed by atoms with van der Waals surface area (Å²) < 4.78 is 27.2. The highest BCUT2D eigenvalue weighted by molar-refractivity contribution is 7.89. The molecule has 1 saturated heterocycles. The van der Waals surface area contributed by atoms with Crippen molar-refractivity contribution >= 4 is 21.6 Å². The molecule has 2 aliphatic rings. The van der Waals surface area contributed by atoms with Gasteiger partial charge in [0.25, 0.3) is 0 Å². The van der Waals surface area contributed by atoms with Crippen LogP contribution in [0.5, 0.6) is 0 Å². The number of hydrogen-bond acceptors (Lipinski definition) is 3. The van der Waals surface area contributed by atoms with Crippen molar-refractivity contribution < 1.29 is 13.2 Å². The Kier molecular flexibility index (Phi) is 3.30. The zero-order valence-electron chi connectivity index (χ0n) is 13.3. The highest BCUT2D eigenvalue weighted by Gasteiger charge is 2.55. The topological polar surface area (TPSA) is 57.7 Å². The predicted octanol–water partition coefficient (Wildman–Crippen LogP) is 2.00. The average molecular weight is 342 g/mol. The van der Waals surface area contributed by atoms with Crippen LogP contribution in [0.4, 0.5) is 5.69 Å². The molecule has 1 spiro atoms. The Bertz CT molecular complexity index is 911. The second-order valence-corrected chi connectivity index (χ2v) is 8.30. The van der Waals surface area contributed by atoms with Crippen molar-refractivity contribution in [1.82, 2.24) is 4.31 Å². The molecule has 1 atom stereocenters. The van der Waals surface area contributed by atoms with E-state index in [1.54, 1.807) is 42.3 Å². The summed E-state index contributed by atoms with van der Waals surface area (Å²) in [6, 6.07) is 16.1. The number of para-hydroxylation sites is 1. The normalized spacial score (nSPS) is 23.9. The van der Waals surface area contributed by atoms with E-state index in [0.29, 0.717) is 13.0 Å². The Hall–Kier alpha value is -2.18. The van der Waals surface area contributed by atoms with Gasteiger partial charge in [-0.3, -0.25) is 4.79 Å². The van der Waals surface area contributed by atoms with Crippen LogP contribution in [-0.4, -0.2) is 38.8 Å². The van der Waals surface area contributed by atoms with Crippen LogP contribution < -0.4 is 4.90 Å². The number of sulfonamides is 1. The Morgan fingerprint density at radius 1 is 1.00 bits per heavy atom. The molecule has 6 heteroatoms. The lowest BCUT2D eigenvalue weighted by Crippen LogP contribution is -2.42. The van der Waals surface area contributed by atoms with Gasteiger partial charge < -0.3 is 4.90 Å². The van der Waals surface area contributed by atoms with Gasteiger partial charge >= 0.3 is 0 Å². The number of hydrogen-bond donors (Lipinski definition) is 0. The van der Waals surface area contributed by atoms with Crippen LogP contribution in [0.2, 0.25) is 0 Å². The maximum absolute atomic E-state index is 12.9. The van der Waals surface area contributed by atoms with Gasteiger partial charge in [-0.1, -0.05) is 36.4 Å². The summed E-state index contributed by atoms with van der Waals surface area (Å²) in [5, 5.41) is 0. The van der Waals surface area contributed by atoms with Crippen molar-refractivity contribution in [3.63, 3.8) is 0 Å². The number of likely N-dealkylation sites (N-methyl/N-ethyl adjacent to an activating group) is 1. The molecular weight excluding hydrogens is 324 g/mol. The molecule has 124 valence electrons. The van der Waals surface area contributed by atoms with E-state index in [4.69, 9.17) is 0 Å². The number of amides is 1. The largest absolute Gasteiger partial charge is 0.314 e. The summed E-state index contributed by atoms with van der Waals surface area (Å²) in [4.78, 5) is 14.8. The van der Waals surface area contributed by atoms with Gasteiger partial charge in [-0.25, -0.2) is 8.42 Å². The third-order valence-electron chi connectivity index (χ3n) is 5.11. The van der Waals surface area contributed by atoms with Crippen molar-refractivity contribution in [1.29, 1.82) is 0 Å². The lowest BCUT2D eigenvalue weighted by atomic mass is 9.81. The highest BCUT2D eigenvalue weighted by Crippen LogP contribution is 2.47. The van der Waals surface area contributed by atoms with Crippen LogP contribution >= 0.6 is 0 Å². The molecule has 24 heavy (non-hydrogen) atoms. The third-order valence-corrected chi connectivity index (χ3v) is 6.97. The molecule has 2 aromatic rings. The molecule has 4 rings (SSSR count). The number of rotatable bonds is 2. The molecular formula is C18H18N2O3S. The van der Waals surface area contributed by atoms with E-state index in [1.165, 1.54) is 4.31 Å². The van der Waals surface area contributed by atoms with Gasteiger partial charge in [-0.2, -0.15) is 4.31 Å². The average Bonchev–Trinajstić information content (AvgIpc) is 3.15. The highest BCUT2D eigenvalue weighted by atomic mass is 32.2. The molecule has 1 amide bonds. The lowest BCUT2D eigenvalue weighted by Gasteiger charge is -2.23. The van der Waals surface area contributed by atoms with E-state index in [9.17, 15) is 13.2 Å². The fraction of sp³-hybridized carbons (Fsp3) is 0.278. The minimum Gasteiger partial charge on any atom is -0.314 e. The maximum atomic E-state index is 12.9. The fourth-order valence-electron chi connectivity index (χ4n) is 3.83. The molecule has 0 bridgehead atoms. The van der Waals surface area contributed by atoms with Gasteiger partial charge in [0.2, 0.25) is 15.9 Å². The summed E-state index contributed by atoms with van der Waals surface area (Å²) in [5.41, 5.74) is 1.05. The van der Waals surface area contributed by atoms with Crippen molar-refractivity contribution in [3.05, 3.63) is 60.2 Å². The standard InChI is InChI=1S/C18H18N2O3S/c1-19-16-10-6-5-9-15(16)18(17(19)21)11-12-20(13-18)24(22,23)14-7-3-2-4-8-14/h2-10H,11-13H2,1H3/t18-/m0/s1. The first-order valence-corrected chi connectivity index (χ1v) is 9.34. The molecule has 1 fully saturated rings. The van der Waals surface area contributed by atoms with Gasteiger partial charge in [-0.05, 0) is 30.2 Å². The first-order valence-electron chi connectivity index (χ1n) is 7.90. The summed E-state index contributed by atoms with van der Waals surface area (Å²) in [6.45, 7) is 0.551. The van der Waals surface area contributed by atoms with Crippen molar-refractivity contribution in [3.8, 4) is 0 Å². The molecule has 0 aliphatic carbocycles. The molecule has 0 unspecified atom stereocenters. The van der Waals surface area contributed by atoms with Gasteiger partial charge in [0.15, 0.2) is 0 Å². The van der Waals surface area contributed by atoms with E-state index in [2.05, 4.69) is 0 Å². The Labute approximate surface area is 141 Å². The van der Waals surface area contributed by atoms with Gasteiger partial charge in [0, 0.05) is 25.8 Å². The van der Waals surface area contributed by atoms with E-state index in [1.807, 2.05) is 24.3 Å². The number of benzene rings is 2.